The highest BCUT2D eigenvalue weighted by atomic mass is 35.5. The van der Waals surface area contributed by atoms with Crippen molar-refractivity contribution in [1.82, 2.24) is 15.5 Å². The summed E-state index contributed by atoms with van der Waals surface area (Å²) in [6.45, 7) is 1.10. The van der Waals surface area contributed by atoms with Crippen molar-refractivity contribution < 1.29 is 9.53 Å². The first-order chi connectivity index (χ1) is 10.6. The van der Waals surface area contributed by atoms with Crippen LogP contribution in [0.5, 0.6) is 5.75 Å². The monoisotopic (exact) mass is 341 g/mol. The molecule has 0 aliphatic heterocycles. The molecule has 1 heterocycles. The van der Waals surface area contributed by atoms with Crippen molar-refractivity contribution in [2.75, 3.05) is 25.4 Å². The van der Waals surface area contributed by atoms with Crippen molar-refractivity contribution in [3.05, 3.63) is 33.8 Å². The molecule has 0 saturated carbocycles. The first-order valence-corrected chi connectivity index (χ1v) is 7.78. The zero-order chi connectivity index (χ0) is 15.9. The van der Waals surface area contributed by atoms with Crippen LogP contribution in [0.4, 0.5) is 5.13 Å². The Labute approximate surface area is 136 Å². The van der Waals surface area contributed by atoms with E-state index >= 15 is 0 Å². The molecule has 5 N–H and O–H groups in total. The maximum absolute atomic E-state index is 12.2. The van der Waals surface area contributed by atoms with Crippen LogP contribution in [0.15, 0.2) is 18.2 Å². The number of nitrogens with one attached hydrogen (secondary N) is 1. The van der Waals surface area contributed by atoms with Gasteiger partial charge in [-0.1, -0.05) is 22.9 Å². The maximum atomic E-state index is 12.2. The summed E-state index contributed by atoms with van der Waals surface area (Å²) in [5.41, 5.74) is 11.3. The van der Waals surface area contributed by atoms with Gasteiger partial charge in [0.05, 0.1) is 5.56 Å². The van der Waals surface area contributed by atoms with E-state index in [2.05, 4.69) is 15.5 Å². The number of carbonyl (C=O) groups excluding carboxylic acids is 1. The first kappa shape index (κ1) is 16.5. The lowest BCUT2D eigenvalue weighted by molar-refractivity contribution is 0.0950. The van der Waals surface area contributed by atoms with Crippen LogP contribution in [0.25, 0.3) is 0 Å². The van der Waals surface area contributed by atoms with E-state index < -0.39 is 0 Å². The van der Waals surface area contributed by atoms with E-state index in [1.165, 1.54) is 11.3 Å². The molecule has 118 valence electrons. The largest absolute Gasteiger partial charge is 0.491 e. The lowest BCUT2D eigenvalue weighted by atomic mass is 10.2. The van der Waals surface area contributed by atoms with Gasteiger partial charge < -0.3 is 21.5 Å². The van der Waals surface area contributed by atoms with Crippen molar-refractivity contribution in [1.29, 1.82) is 0 Å². The Balaban J connectivity index is 1.97. The van der Waals surface area contributed by atoms with Gasteiger partial charge in [-0.3, -0.25) is 4.79 Å². The Morgan fingerprint density at radius 1 is 1.41 bits per heavy atom. The Bertz CT molecular complexity index is 649. The van der Waals surface area contributed by atoms with Crippen LogP contribution >= 0.6 is 22.9 Å². The zero-order valence-electron chi connectivity index (χ0n) is 11.7. The zero-order valence-corrected chi connectivity index (χ0v) is 13.3. The van der Waals surface area contributed by atoms with Crippen LogP contribution in [-0.4, -0.2) is 35.8 Å². The van der Waals surface area contributed by atoms with E-state index in [-0.39, 0.29) is 5.91 Å². The minimum Gasteiger partial charge on any atom is -0.491 e. The Morgan fingerprint density at radius 2 is 2.23 bits per heavy atom. The Kier molecular flexibility index (Phi) is 5.93. The second kappa shape index (κ2) is 7.92. The molecule has 0 saturated heterocycles. The average Bonchev–Trinajstić information content (AvgIpc) is 2.91. The van der Waals surface area contributed by atoms with Crippen molar-refractivity contribution in [2.24, 2.45) is 5.73 Å². The van der Waals surface area contributed by atoms with Crippen molar-refractivity contribution in [3.8, 4) is 5.75 Å². The normalized spacial score (nSPS) is 10.5. The number of hydrogen-bond acceptors (Lipinski definition) is 7. The molecule has 9 heteroatoms. The van der Waals surface area contributed by atoms with Gasteiger partial charge in [-0.15, -0.1) is 10.2 Å². The SMILES string of the molecule is NCCOc1ccc(Cl)cc1C(=O)NCCc1nnc(N)s1. The summed E-state index contributed by atoms with van der Waals surface area (Å²) in [4.78, 5) is 12.2. The van der Waals surface area contributed by atoms with Gasteiger partial charge in [0, 0.05) is 24.5 Å². The molecule has 0 aliphatic carbocycles. The number of nitrogens with two attached hydrogens (primary N) is 2. The topological polar surface area (TPSA) is 116 Å². The highest BCUT2D eigenvalue weighted by Gasteiger charge is 2.13. The van der Waals surface area contributed by atoms with Crippen LogP contribution in [0.1, 0.15) is 15.4 Å². The minimum absolute atomic E-state index is 0.271. The molecule has 0 unspecified atom stereocenters. The summed E-state index contributed by atoms with van der Waals surface area (Å²) in [5.74, 6) is 0.180. The molecule has 0 radical (unpaired) electrons. The molecule has 22 heavy (non-hydrogen) atoms. The molecule has 0 aliphatic rings. The van der Waals surface area contributed by atoms with Crippen LogP contribution < -0.4 is 21.5 Å². The smallest absolute Gasteiger partial charge is 0.255 e. The lowest BCUT2D eigenvalue weighted by Gasteiger charge is -2.11. The van der Waals surface area contributed by atoms with Gasteiger partial charge in [0.15, 0.2) is 0 Å². The molecule has 0 spiro atoms. The third-order valence-electron chi connectivity index (χ3n) is 2.67. The Hall–Kier alpha value is -1.90. The summed E-state index contributed by atoms with van der Waals surface area (Å²) >= 11 is 7.23. The fourth-order valence-corrected chi connectivity index (χ4v) is 2.50. The van der Waals surface area contributed by atoms with Gasteiger partial charge in [0.1, 0.15) is 17.4 Å². The van der Waals surface area contributed by atoms with Gasteiger partial charge in [0.2, 0.25) is 5.13 Å². The number of benzene rings is 1. The summed E-state index contributed by atoms with van der Waals surface area (Å²) in [6.07, 6.45) is 0.556. The fourth-order valence-electron chi connectivity index (χ4n) is 1.72. The number of rotatable bonds is 7. The first-order valence-electron chi connectivity index (χ1n) is 6.58. The maximum Gasteiger partial charge on any atom is 0.255 e. The fraction of sp³-hybridized carbons (Fsp3) is 0.308. The number of carbonyl (C=O) groups is 1. The number of anilines is 1. The van der Waals surface area contributed by atoms with Crippen molar-refractivity contribution in [2.45, 2.75) is 6.42 Å². The summed E-state index contributed by atoms with van der Waals surface area (Å²) < 4.78 is 5.45. The quantitative estimate of drug-likeness (QED) is 0.694. The number of halogens is 1. The second-order valence-electron chi connectivity index (χ2n) is 4.32. The van der Waals surface area contributed by atoms with Gasteiger partial charge >= 0.3 is 0 Å². The third kappa shape index (κ3) is 4.55. The van der Waals surface area contributed by atoms with Gasteiger partial charge in [0.25, 0.3) is 5.91 Å². The van der Waals surface area contributed by atoms with Gasteiger partial charge in [-0.25, -0.2) is 0 Å². The number of amides is 1. The van der Waals surface area contributed by atoms with Crippen LogP contribution in [0, 0.1) is 0 Å². The average molecular weight is 342 g/mol. The minimum atomic E-state index is -0.271. The van der Waals surface area contributed by atoms with Gasteiger partial charge in [-0.2, -0.15) is 0 Å². The van der Waals surface area contributed by atoms with Crippen LogP contribution in [-0.2, 0) is 6.42 Å². The number of hydrogen-bond donors (Lipinski definition) is 3. The molecular weight excluding hydrogens is 326 g/mol. The molecule has 0 fully saturated rings. The highest BCUT2D eigenvalue weighted by molar-refractivity contribution is 7.15. The van der Waals surface area contributed by atoms with Crippen molar-refractivity contribution >= 4 is 34.0 Å². The predicted octanol–water partition coefficient (Wildman–Crippen LogP) is 1.08. The van der Waals surface area contributed by atoms with E-state index in [0.717, 1.165) is 5.01 Å². The van der Waals surface area contributed by atoms with E-state index in [4.69, 9.17) is 27.8 Å². The molecule has 2 aromatic rings. The van der Waals surface area contributed by atoms with Gasteiger partial charge in [-0.05, 0) is 18.2 Å². The molecule has 1 aromatic carbocycles. The van der Waals surface area contributed by atoms with Crippen LogP contribution in [0.2, 0.25) is 5.02 Å². The van der Waals surface area contributed by atoms with E-state index in [1.807, 2.05) is 0 Å². The highest BCUT2D eigenvalue weighted by Crippen LogP contribution is 2.23. The predicted molar refractivity (Wildman–Crippen MR) is 86.4 cm³/mol. The second-order valence-corrected chi connectivity index (χ2v) is 5.85. The molecule has 0 atom stereocenters. The van der Waals surface area contributed by atoms with E-state index in [1.54, 1.807) is 18.2 Å². The van der Waals surface area contributed by atoms with Crippen LogP contribution in [0.3, 0.4) is 0 Å². The molecule has 1 amide bonds. The third-order valence-corrected chi connectivity index (χ3v) is 3.72. The number of nitrogen functional groups attached to an aromatic ring is 1. The molecule has 2 rings (SSSR count). The van der Waals surface area contributed by atoms with E-state index in [0.29, 0.717) is 47.6 Å². The molecule has 7 nitrogen and oxygen atoms in total. The number of aromatic nitrogens is 2. The van der Waals surface area contributed by atoms with Crippen molar-refractivity contribution in [3.63, 3.8) is 0 Å². The summed E-state index contributed by atoms with van der Waals surface area (Å²) in [7, 11) is 0. The summed E-state index contributed by atoms with van der Waals surface area (Å²) in [6, 6.07) is 4.87. The van der Waals surface area contributed by atoms with E-state index in [9.17, 15) is 4.79 Å². The summed E-state index contributed by atoms with van der Waals surface area (Å²) in [5, 5.41) is 12.0. The Morgan fingerprint density at radius 3 is 2.91 bits per heavy atom. The lowest BCUT2D eigenvalue weighted by Crippen LogP contribution is -2.26. The molecular formula is C13H16ClN5O2S. The standard InChI is InChI=1S/C13H16ClN5O2S/c14-8-1-2-10(21-6-4-15)9(7-8)12(20)17-5-3-11-18-19-13(16)22-11/h1-2,7H,3-6,15H2,(H2,16,19)(H,17,20). The molecule has 1 aromatic heterocycles. The number of ether oxygens (including phenoxy) is 1. The number of nitrogens with zero attached hydrogens (tertiary/aromatic N) is 2. The molecule has 0 bridgehead atoms.